The van der Waals surface area contributed by atoms with Crippen LogP contribution in [0.25, 0.3) is 0 Å². The number of rotatable bonds is 2. The van der Waals surface area contributed by atoms with Gasteiger partial charge >= 0.3 is 0 Å². The molecule has 1 fully saturated rings. The van der Waals surface area contributed by atoms with Crippen LogP contribution >= 0.6 is 0 Å². The number of aliphatic hydroxyl groups excluding tert-OH is 1. The van der Waals surface area contributed by atoms with Crippen LogP contribution in [0.5, 0.6) is 0 Å². The van der Waals surface area contributed by atoms with Crippen molar-refractivity contribution in [2.75, 3.05) is 0 Å². The molecule has 0 radical (unpaired) electrons. The first kappa shape index (κ1) is 11.2. The quantitative estimate of drug-likeness (QED) is 0.825. The van der Waals surface area contributed by atoms with Crippen molar-refractivity contribution in [1.82, 2.24) is 9.78 Å². The SMILES string of the molecule is Cc1c(C(O)C2(C#N)CCCC2)cnn1C. The normalized spacial score (nSPS) is 20.6. The Morgan fingerprint density at radius 3 is 2.62 bits per heavy atom. The number of hydrogen-bond donors (Lipinski definition) is 1. The van der Waals surface area contributed by atoms with Gasteiger partial charge in [-0.2, -0.15) is 10.4 Å². The molecule has 4 heteroatoms. The van der Waals surface area contributed by atoms with Crippen molar-refractivity contribution < 1.29 is 5.11 Å². The van der Waals surface area contributed by atoms with Gasteiger partial charge in [-0.3, -0.25) is 4.68 Å². The van der Waals surface area contributed by atoms with E-state index in [1.807, 2.05) is 14.0 Å². The molecule has 0 aromatic carbocycles. The summed E-state index contributed by atoms with van der Waals surface area (Å²) in [6.07, 6.45) is 4.62. The molecule has 4 nitrogen and oxygen atoms in total. The molecular formula is C12H17N3O. The third-order valence-electron chi connectivity index (χ3n) is 3.81. The first-order valence-corrected chi connectivity index (χ1v) is 5.68. The van der Waals surface area contributed by atoms with Gasteiger partial charge in [0, 0.05) is 18.3 Å². The van der Waals surface area contributed by atoms with Gasteiger partial charge in [-0.05, 0) is 19.8 Å². The van der Waals surface area contributed by atoms with E-state index in [2.05, 4.69) is 11.2 Å². The molecule has 1 aliphatic carbocycles. The topological polar surface area (TPSA) is 61.8 Å². The molecule has 1 N–H and O–H groups in total. The summed E-state index contributed by atoms with van der Waals surface area (Å²) < 4.78 is 1.73. The standard InChI is InChI=1S/C12H17N3O/c1-9-10(7-14-15(9)2)11(16)12(8-13)5-3-4-6-12/h7,11,16H,3-6H2,1-2H3. The van der Waals surface area contributed by atoms with Crippen LogP contribution in [0.2, 0.25) is 0 Å². The molecule has 1 saturated carbocycles. The zero-order valence-corrected chi connectivity index (χ0v) is 9.77. The maximum atomic E-state index is 10.4. The van der Waals surface area contributed by atoms with Gasteiger partial charge in [0.05, 0.1) is 17.7 Å². The Bertz CT molecular complexity index is 424. The average molecular weight is 219 g/mol. The summed E-state index contributed by atoms with van der Waals surface area (Å²) in [5.74, 6) is 0. The highest BCUT2D eigenvalue weighted by Gasteiger charge is 2.42. The Labute approximate surface area is 95.5 Å². The zero-order chi connectivity index (χ0) is 11.8. The van der Waals surface area contributed by atoms with E-state index < -0.39 is 11.5 Å². The predicted octanol–water partition coefficient (Wildman–Crippen LogP) is 1.85. The van der Waals surface area contributed by atoms with E-state index in [0.29, 0.717) is 0 Å². The van der Waals surface area contributed by atoms with Crippen molar-refractivity contribution in [2.45, 2.75) is 38.7 Å². The molecule has 0 saturated heterocycles. The fraction of sp³-hybridized carbons (Fsp3) is 0.667. The summed E-state index contributed by atoms with van der Waals surface area (Å²) in [5, 5.41) is 23.8. The fourth-order valence-corrected chi connectivity index (χ4v) is 2.53. The Kier molecular flexibility index (Phi) is 2.73. The van der Waals surface area contributed by atoms with E-state index in [1.165, 1.54) is 0 Å². The molecule has 2 rings (SSSR count). The van der Waals surface area contributed by atoms with Gasteiger partial charge < -0.3 is 5.11 Å². The number of hydrogen-bond acceptors (Lipinski definition) is 3. The van der Waals surface area contributed by atoms with Gasteiger partial charge in [-0.25, -0.2) is 0 Å². The first-order chi connectivity index (χ1) is 7.60. The van der Waals surface area contributed by atoms with Crippen LogP contribution in [-0.4, -0.2) is 14.9 Å². The van der Waals surface area contributed by atoms with E-state index in [4.69, 9.17) is 0 Å². The Morgan fingerprint density at radius 2 is 2.19 bits per heavy atom. The molecule has 0 aliphatic heterocycles. The summed E-state index contributed by atoms with van der Waals surface area (Å²) in [6.45, 7) is 1.92. The number of nitriles is 1. The van der Waals surface area contributed by atoms with Crippen molar-refractivity contribution in [1.29, 1.82) is 5.26 Å². The lowest BCUT2D eigenvalue weighted by molar-refractivity contribution is 0.0665. The van der Waals surface area contributed by atoms with Crippen LogP contribution in [0.4, 0.5) is 0 Å². The van der Waals surface area contributed by atoms with Crippen molar-refractivity contribution in [2.24, 2.45) is 12.5 Å². The summed E-state index contributed by atoms with van der Waals surface area (Å²) >= 11 is 0. The van der Waals surface area contributed by atoms with Crippen molar-refractivity contribution in [3.63, 3.8) is 0 Å². The van der Waals surface area contributed by atoms with Crippen molar-refractivity contribution in [3.8, 4) is 6.07 Å². The van der Waals surface area contributed by atoms with Crippen molar-refractivity contribution >= 4 is 0 Å². The molecule has 1 unspecified atom stereocenters. The molecule has 16 heavy (non-hydrogen) atoms. The van der Waals surface area contributed by atoms with Gasteiger partial charge in [0.2, 0.25) is 0 Å². The molecule has 1 heterocycles. The van der Waals surface area contributed by atoms with E-state index in [9.17, 15) is 10.4 Å². The third-order valence-corrected chi connectivity index (χ3v) is 3.81. The van der Waals surface area contributed by atoms with Crippen LogP contribution in [0.15, 0.2) is 6.20 Å². The number of aryl methyl sites for hydroxylation is 1. The monoisotopic (exact) mass is 219 g/mol. The van der Waals surface area contributed by atoms with Crippen LogP contribution in [0.1, 0.15) is 43.0 Å². The van der Waals surface area contributed by atoms with Crippen LogP contribution in [0, 0.1) is 23.7 Å². The van der Waals surface area contributed by atoms with E-state index in [0.717, 1.165) is 36.9 Å². The number of nitrogens with zero attached hydrogens (tertiary/aromatic N) is 3. The van der Waals surface area contributed by atoms with Gasteiger partial charge in [-0.1, -0.05) is 12.8 Å². The Balaban J connectivity index is 2.34. The molecule has 86 valence electrons. The molecule has 1 aromatic rings. The van der Waals surface area contributed by atoms with E-state index >= 15 is 0 Å². The second kappa shape index (κ2) is 3.91. The molecular weight excluding hydrogens is 202 g/mol. The Hall–Kier alpha value is -1.34. The van der Waals surface area contributed by atoms with Crippen LogP contribution < -0.4 is 0 Å². The second-order valence-corrected chi connectivity index (χ2v) is 4.69. The molecule has 1 aliphatic rings. The maximum Gasteiger partial charge on any atom is 0.101 e. The lowest BCUT2D eigenvalue weighted by Gasteiger charge is -2.26. The summed E-state index contributed by atoms with van der Waals surface area (Å²) in [5.41, 5.74) is 1.15. The largest absolute Gasteiger partial charge is 0.387 e. The molecule has 1 aromatic heterocycles. The molecule has 0 amide bonds. The smallest absolute Gasteiger partial charge is 0.101 e. The summed E-state index contributed by atoms with van der Waals surface area (Å²) in [6, 6.07) is 2.33. The van der Waals surface area contributed by atoms with Crippen LogP contribution in [0.3, 0.4) is 0 Å². The minimum Gasteiger partial charge on any atom is -0.387 e. The summed E-state index contributed by atoms with van der Waals surface area (Å²) in [4.78, 5) is 0. The van der Waals surface area contributed by atoms with Crippen molar-refractivity contribution in [3.05, 3.63) is 17.5 Å². The van der Waals surface area contributed by atoms with Gasteiger partial charge in [-0.15, -0.1) is 0 Å². The zero-order valence-electron chi connectivity index (χ0n) is 9.77. The van der Waals surface area contributed by atoms with Gasteiger partial charge in [0.25, 0.3) is 0 Å². The fourth-order valence-electron chi connectivity index (χ4n) is 2.53. The second-order valence-electron chi connectivity index (χ2n) is 4.69. The van der Waals surface area contributed by atoms with Gasteiger partial charge in [0.1, 0.15) is 6.10 Å². The molecule has 0 bridgehead atoms. The van der Waals surface area contributed by atoms with Crippen LogP contribution in [-0.2, 0) is 7.05 Å². The highest BCUT2D eigenvalue weighted by Crippen LogP contribution is 2.47. The van der Waals surface area contributed by atoms with E-state index in [1.54, 1.807) is 10.9 Å². The minimum atomic E-state index is -0.700. The predicted molar refractivity (Wildman–Crippen MR) is 59.4 cm³/mol. The molecule has 0 spiro atoms. The lowest BCUT2D eigenvalue weighted by atomic mass is 9.79. The number of aliphatic hydroxyl groups is 1. The molecule has 1 atom stereocenters. The highest BCUT2D eigenvalue weighted by atomic mass is 16.3. The maximum absolute atomic E-state index is 10.4. The van der Waals surface area contributed by atoms with Gasteiger partial charge in [0.15, 0.2) is 0 Å². The third kappa shape index (κ3) is 1.52. The Morgan fingerprint density at radius 1 is 1.56 bits per heavy atom. The first-order valence-electron chi connectivity index (χ1n) is 5.68. The lowest BCUT2D eigenvalue weighted by Crippen LogP contribution is -2.24. The highest BCUT2D eigenvalue weighted by molar-refractivity contribution is 5.25. The summed E-state index contributed by atoms with van der Waals surface area (Å²) in [7, 11) is 1.85. The van der Waals surface area contributed by atoms with E-state index in [-0.39, 0.29) is 0 Å². The number of aromatic nitrogens is 2. The average Bonchev–Trinajstić information content (AvgIpc) is 2.88. The minimum absolute atomic E-state index is 0.589.